The van der Waals surface area contributed by atoms with E-state index in [0.717, 1.165) is 0 Å². The van der Waals surface area contributed by atoms with Crippen molar-refractivity contribution in [2.75, 3.05) is 12.4 Å². The fourth-order valence-corrected chi connectivity index (χ4v) is 2.39. The topological polar surface area (TPSA) is 117 Å². The number of benzene rings is 1. The lowest BCUT2D eigenvalue weighted by Gasteiger charge is -2.08. The monoisotopic (exact) mass is 341 g/mol. The van der Waals surface area contributed by atoms with Gasteiger partial charge in [-0.15, -0.1) is 5.10 Å². The lowest BCUT2D eigenvalue weighted by Crippen LogP contribution is -2.17. The first-order chi connectivity index (χ1) is 12.0. The van der Waals surface area contributed by atoms with Gasteiger partial charge in [0.2, 0.25) is 0 Å². The molecule has 0 saturated heterocycles. The summed E-state index contributed by atoms with van der Waals surface area (Å²) >= 11 is 0. The standard InChI is InChI=1S/C15H15N7O3/c1-9-12(13(15(24)25-3)21(2)18-9)17-14(23)10-5-4-6-11(7-10)22-8-16-19-20-22/h4-8H,1-3H3,(H,17,23). The van der Waals surface area contributed by atoms with Gasteiger partial charge in [0.15, 0.2) is 5.69 Å². The van der Waals surface area contributed by atoms with Crippen molar-refractivity contribution in [2.24, 2.45) is 7.05 Å². The maximum absolute atomic E-state index is 12.6. The van der Waals surface area contributed by atoms with Gasteiger partial charge in [0.1, 0.15) is 6.33 Å². The Labute approximate surface area is 142 Å². The van der Waals surface area contributed by atoms with Crippen molar-refractivity contribution in [1.82, 2.24) is 30.0 Å². The Bertz CT molecular complexity index is 931. The number of hydrogen-bond donors (Lipinski definition) is 1. The Kier molecular flexibility index (Phi) is 4.25. The fourth-order valence-electron chi connectivity index (χ4n) is 2.39. The Morgan fingerprint density at radius 1 is 1.28 bits per heavy atom. The molecule has 0 saturated carbocycles. The number of anilines is 1. The summed E-state index contributed by atoms with van der Waals surface area (Å²) in [6.07, 6.45) is 1.43. The molecule has 2 aromatic heterocycles. The first-order valence-corrected chi connectivity index (χ1v) is 7.28. The Balaban J connectivity index is 1.91. The highest BCUT2D eigenvalue weighted by Crippen LogP contribution is 2.21. The zero-order valence-corrected chi connectivity index (χ0v) is 13.8. The molecule has 0 aliphatic rings. The number of hydrogen-bond acceptors (Lipinski definition) is 7. The number of carbonyl (C=O) groups is 2. The lowest BCUT2D eigenvalue weighted by molar-refractivity contribution is 0.0589. The van der Waals surface area contributed by atoms with Gasteiger partial charge in [0, 0.05) is 12.6 Å². The molecule has 0 radical (unpaired) electrons. The van der Waals surface area contributed by atoms with E-state index in [-0.39, 0.29) is 5.69 Å². The summed E-state index contributed by atoms with van der Waals surface area (Å²) in [7, 11) is 2.87. The summed E-state index contributed by atoms with van der Waals surface area (Å²) in [5.41, 5.74) is 2.01. The van der Waals surface area contributed by atoms with E-state index in [1.807, 2.05) is 0 Å². The van der Waals surface area contributed by atoms with Crippen LogP contribution < -0.4 is 5.32 Å². The molecule has 0 bridgehead atoms. The summed E-state index contributed by atoms with van der Waals surface area (Å²) < 4.78 is 7.56. The smallest absolute Gasteiger partial charge is 0.358 e. The fraction of sp³-hybridized carbons (Fsp3) is 0.200. The zero-order chi connectivity index (χ0) is 18.0. The van der Waals surface area contributed by atoms with Crippen LogP contribution in [0.2, 0.25) is 0 Å². The maximum atomic E-state index is 12.6. The van der Waals surface area contributed by atoms with Crippen molar-refractivity contribution < 1.29 is 14.3 Å². The highest BCUT2D eigenvalue weighted by Gasteiger charge is 2.23. The minimum atomic E-state index is -0.583. The van der Waals surface area contributed by atoms with Gasteiger partial charge in [0.25, 0.3) is 5.91 Å². The van der Waals surface area contributed by atoms with E-state index in [1.165, 1.54) is 22.8 Å². The number of tetrazole rings is 1. The van der Waals surface area contributed by atoms with Gasteiger partial charge in [-0.3, -0.25) is 9.48 Å². The SMILES string of the molecule is COC(=O)c1c(NC(=O)c2cccc(-n3cnnn3)c2)c(C)nn1C. The van der Waals surface area contributed by atoms with Gasteiger partial charge >= 0.3 is 5.97 Å². The highest BCUT2D eigenvalue weighted by molar-refractivity contribution is 6.08. The van der Waals surface area contributed by atoms with Crippen LogP contribution in [0.4, 0.5) is 5.69 Å². The van der Waals surface area contributed by atoms with Gasteiger partial charge in [-0.2, -0.15) is 5.10 Å². The summed E-state index contributed by atoms with van der Waals surface area (Å²) in [5, 5.41) is 17.8. The molecule has 0 aliphatic heterocycles. The van der Waals surface area contributed by atoms with E-state index in [0.29, 0.717) is 22.6 Å². The van der Waals surface area contributed by atoms with Gasteiger partial charge < -0.3 is 10.1 Å². The quantitative estimate of drug-likeness (QED) is 0.696. The van der Waals surface area contributed by atoms with Crippen LogP contribution in [-0.2, 0) is 11.8 Å². The Hall–Kier alpha value is -3.56. The van der Waals surface area contributed by atoms with Crippen molar-refractivity contribution in [1.29, 1.82) is 0 Å². The normalized spacial score (nSPS) is 10.5. The van der Waals surface area contributed by atoms with Crippen molar-refractivity contribution >= 4 is 17.6 Å². The van der Waals surface area contributed by atoms with Crippen molar-refractivity contribution in [3.8, 4) is 5.69 Å². The van der Waals surface area contributed by atoms with E-state index >= 15 is 0 Å². The molecular formula is C15H15N7O3. The molecule has 0 spiro atoms. The number of esters is 1. The second-order valence-electron chi connectivity index (χ2n) is 5.18. The summed E-state index contributed by atoms with van der Waals surface area (Å²) in [6.45, 7) is 1.69. The molecular weight excluding hydrogens is 326 g/mol. The second-order valence-corrected chi connectivity index (χ2v) is 5.18. The van der Waals surface area contributed by atoms with Crippen molar-refractivity contribution in [3.05, 3.63) is 47.5 Å². The molecule has 3 rings (SSSR count). The van der Waals surface area contributed by atoms with Crippen LogP contribution in [0.25, 0.3) is 5.69 Å². The molecule has 25 heavy (non-hydrogen) atoms. The van der Waals surface area contributed by atoms with Gasteiger partial charge in [-0.05, 0) is 35.5 Å². The number of nitrogens with zero attached hydrogens (tertiary/aromatic N) is 6. The van der Waals surface area contributed by atoms with Gasteiger partial charge in [-0.1, -0.05) is 6.07 Å². The number of rotatable bonds is 4. The molecule has 10 heteroatoms. The number of nitrogens with one attached hydrogen (secondary N) is 1. The summed E-state index contributed by atoms with van der Waals surface area (Å²) in [4.78, 5) is 24.5. The number of methoxy groups -OCH3 is 1. The zero-order valence-electron chi connectivity index (χ0n) is 13.8. The highest BCUT2D eigenvalue weighted by atomic mass is 16.5. The van der Waals surface area contributed by atoms with Crippen molar-refractivity contribution in [3.63, 3.8) is 0 Å². The number of aromatic nitrogens is 6. The van der Waals surface area contributed by atoms with E-state index in [9.17, 15) is 9.59 Å². The average Bonchev–Trinajstić information content (AvgIpc) is 3.23. The van der Waals surface area contributed by atoms with Gasteiger partial charge in [-0.25, -0.2) is 9.48 Å². The lowest BCUT2D eigenvalue weighted by atomic mass is 10.1. The molecule has 2 heterocycles. The van der Waals surface area contributed by atoms with Crippen LogP contribution >= 0.6 is 0 Å². The van der Waals surface area contributed by atoms with Crippen LogP contribution in [0.15, 0.2) is 30.6 Å². The van der Waals surface area contributed by atoms with E-state index < -0.39 is 11.9 Å². The maximum Gasteiger partial charge on any atom is 0.358 e. The minimum Gasteiger partial charge on any atom is -0.464 e. The predicted octanol–water partition coefficient (Wildman–Crippen LogP) is 0.743. The van der Waals surface area contributed by atoms with Crippen molar-refractivity contribution in [2.45, 2.75) is 6.92 Å². The number of carbonyl (C=O) groups excluding carboxylic acids is 2. The van der Waals surface area contributed by atoms with E-state index in [2.05, 4.69) is 25.9 Å². The number of ether oxygens (including phenoxy) is 1. The Morgan fingerprint density at radius 3 is 2.76 bits per heavy atom. The summed E-state index contributed by atoms with van der Waals surface area (Å²) in [6, 6.07) is 6.76. The van der Waals surface area contributed by atoms with Gasteiger partial charge in [0.05, 0.1) is 24.2 Å². The third kappa shape index (κ3) is 3.09. The largest absolute Gasteiger partial charge is 0.464 e. The minimum absolute atomic E-state index is 0.171. The first kappa shape index (κ1) is 16.3. The molecule has 10 nitrogen and oxygen atoms in total. The van der Waals surface area contributed by atoms with Crippen LogP contribution in [-0.4, -0.2) is 49.0 Å². The van der Waals surface area contributed by atoms with Crippen LogP contribution in [0, 0.1) is 6.92 Å². The summed E-state index contributed by atoms with van der Waals surface area (Å²) in [5.74, 6) is -0.975. The number of aryl methyl sites for hydroxylation is 2. The molecule has 1 aromatic carbocycles. The molecule has 0 aliphatic carbocycles. The van der Waals surface area contributed by atoms with Crippen LogP contribution in [0.5, 0.6) is 0 Å². The van der Waals surface area contributed by atoms with Crippen LogP contribution in [0.1, 0.15) is 26.5 Å². The third-order valence-electron chi connectivity index (χ3n) is 3.56. The molecule has 3 aromatic rings. The predicted molar refractivity (Wildman–Crippen MR) is 86.4 cm³/mol. The molecule has 0 fully saturated rings. The molecule has 0 unspecified atom stereocenters. The second kappa shape index (κ2) is 6.51. The molecule has 1 N–H and O–H groups in total. The number of amides is 1. The molecule has 1 amide bonds. The van der Waals surface area contributed by atoms with Crippen LogP contribution in [0.3, 0.4) is 0 Å². The molecule has 0 atom stereocenters. The van der Waals surface area contributed by atoms with E-state index in [4.69, 9.17) is 4.74 Å². The molecule has 128 valence electrons. The first-order valence-electron chi connectivity index (χ1n) is 7.28. The third-order valence-corrected chi connectivity index (χ3v) is 3.56. The van der Waals surface area contributed by atoms with E-state index in [1.54, 1.807) is 38.2 Å². The Morgan fingerprint density at radius 2 is 2.08 bits per heavy atom. The average molecular weight is 341 g/mol.